The van der Waals surface area contributed by atoms with Crippen LogP contribution < -0.4 is 32.3 Å². The van der Waals surface area contributed by atoms with E-state index in [9.17, 15) is 18.0 Å². The fraction of sp³-hybridized carbons (Fsp3) is 0.606. The second-order valence-electron chi connectivity index (χ2n) is 13.8. The molecule has 4 fully saturated rings. The van der Waals surface area contributed by atoms with Crippen LogP contribution in [0.25, 0.3) is 0 Å². The van der Waals surface area contributed by atoms with Gasteiger partial charge in [-0.25, -0.2) is 27.0 Å². The van der Waals surface area contributed by atoms with Crippen molar-refractivity contribution in [2.75, 3.05) is 68.7 Å². The molecular weight excluding hydrogens is 708 g/mol. The molecule has 0 unspecified atom stereocenters. The van der Waals surface area contributed by atoms with Crippen LogP contribution in [0.3, 0.4) is 0 Å². The third kappa shape index (κ3) is 8.24. The minimum absolute atomic E-state index is 0.0761. The van der Waals surface area contributed by atoms with Gasteiger partial charge in [0.25, 0.3) is 5.92 Å². The van der Waals surface area contributed by atoms with Gasteiger partial charge in [-0.05, 0) is 62.1 Å². The average molecular weight is 754 g/mol. The van der Waals surface area contributed by atoms with Gasteiger partial charge in [-0.15, -0.1) is 0 Å². The Bertz CT molecular complexity index is 1660. The van der Waals surface area contributed by atoms with Crippen LogP contribution in [0.1, 0.15) is 37.7 Å². The van der Waals surface area contributed by atoms with E-state index in [0.717, 1.165) is 0 Å². The number of urea groups is 1. The molecule has 3 saturated heterocycles. The highest BCUT2D eigenvalue weighted by molar-refractivity contribution is 7.89. The molecule has 51 heavy (non-hydrogen) atoms. The molecule has 1 aromatic heterocycles. The number of anilines is 2. The number of pyridine rings is 1. The molecule has 6 rings (SSSR count). The monoisotopic (exact) mass is 753 g/mol. The second-order valence-corrected chi connectivity index (χ2v) is 16.1. The van der Waals surface area contributed by atoms with Gasteiger partial charge >= 0.3 is 6.03 Å². The zero-order valence-corrected chi connectivity index (χ0v) is 29.9. The number of aromatic nitrogens is 1. The summed E-state index contributed by atoms with van der Waals surface area (Å²) in [5.41, 5.74) is 17.7. The maximum atomic E-state index is 16.0. The molecule has 0 radical (unpaired) electrons. The summed E-state index contributed by atoms with van der Waals surface area (Å²) in [7, 11) is -3.85. The number of nitrogens with one attached hydrogen (secondary N) is 1. The molecule has 4 aliphatic rings. The van der Waals surface area contributed by atoms with Gasteiger partial charge in [0.05, 0.1) is 17.1 Å². The second kappa shape index (κ2) is 15.4. The summed E-state index contributed by atoms with van der Waals surface area (Å²) < 4.78 is 66.0. The van der Waals surface area contributed by atoms with Crippen molar-refractivity contribution in [1.29, 1.82) is 0 Å². The summed E-state index contributed by atoms with van der Waals surface area (Å²) in [6, 6.07) is 7.90. The summed E-state index contributed by atoms with van der Waals surface area (Å²) in [6.07, 6.45) is 0.827. The van der Waals surface area contributed by atoms with Crippen molar-refractivity contribution >= 4 is 45.1 Å². The number of rotatable bonds is 9. The van der Waals surface area contributed by atoms with E-state index in [4.69, 9.17) is 33.5 Å². The largest absolute Gasteiger partial charge is 0.369 e. The number of piperazine rings is 1. The lowest BCUT2D eigenvalue weighted by Crippen LogP contribution is -2.57. The van der Waals surface area contributed by atoms with Crippen LogP contribution in [0.4, 0.5) is 25.1 Å². The van der Waals surface area contributed by atoms with E-state index >= 15 is 8.78 Å². The third-order valence-electron chi connectivity index (χ3n) is 10.3. The fourth-order valence-electron chi connectivity index (χ4n) is 7.38. The van der Waals surface area contributed by atoms with Gasteiger partial charge in [-0.1, -0.05) is 11.6 Å². The Morgan fingerprint density at radius 3 is 2.18 bits per heavy atom. The van der Waals surface area contributed by atoms with E-state index in [1.165, 1.54) is 28.6 Å². The van der Waals surface area contributed by atoms with E-state index < -0.39 is 21.9 Å². The molecular formula is C33H46ClF2N9O5S. The Hall–Kier alpha value is -3.19. The lowest BCUT2D eigenvalue weighted by atomic mass is 9.80. The molecule has 280 valence electrons. The molecule has 3 aliphatic heterocycles. The molecule has 14 nitrogen and oxygen atoms in total. The fourth-order valence-corrected chi connectivity index (χ4v) is 9.01. The standard InChI is InChI=1S/C33H46ClF2N9O5S/c34-29-13-22(33(35,36)21-1-3-24(4-2-21)40-32(47)43-19-26(16-37)50-27(17-38)20-43)14-30(41-29)42-9-11-44(12-10-42)51(48,49)28-7-5-25(6-8-28)45-18-23(39)15-31(45)46/h5-8,13-14,21,23-24,26-27H,1-4,9-12,15-20,37-39H2,(H,40,47)/t21?,23-,24?,26+,27+/m1/s1. The normalized spacial score (nSPS) is 26.8. The zero-order valence-electron chi connectivity index (χ0n) is 28.3. The lowest BCUT2D eigenvalue weighted by molar-refractivity contribution is -0.117. The molecule has 4 heterocycles. The Morgan fingerprint density at radius 2 is 1.61 bits per heavy atom. The summed E-state index contributed by atoms with van der Waals surface area (Å²) in [5.74, 6) is -4.01. The van der Waals surface area contributed by atoms with E-state index in [0.29, 0.717) is 38.2 Å². The van der Waals surface area contributed by atoms with Crippen LogP contribution >= 0.6 is 11.6 Å². The Kier molecular flexibility index (Phi) is 11.4. The number of carbonyl (C=O) groups is 2. The number of alkyl halides is 2. The molecule has 0 spiro atoms. The first kappa shape index (κ1) is 37.6. The maximum Gasteiger partial charge on any atom is 0.317 e. The van der Waals surface area contributed by atoms with Gasteiger partial charge in [-0.2, -0.15) is 4.31 Å². The average Bonchev–Trinajstić information content (AvgIpc) is 3.48. The van der Waals surface area contributed by atoms with Gasteiger partial charge < -0.3 is 42.0 Å². The number of carbonyl (C=O) groups excluding carboxylic acids is 2. The molecule has 7 N–H and O–H groups in total. The van der Waals surface area contributed by atoms with Crippen LogP contribution in [-0.4, -0.2) is 118 Å². The number of hydrogen-bond donors (Lipinski definition) is 4. The number of morpholine rings is 1. The number of sulfonamides is 1. The van der Waals surface area contributed by atoms with E-state index in [1.807, 2.05) is 0 Å². The van der Waals surface area contributed by atoms with E-state index in [-0.39, 0.29) is 116 Å². The molecule has 1 aromatic carbocycles. The van der Waals surface area contributed by atoms with Crippen molar-refractivity contribution in [3.63, 3.8) is 0 Å². The highest BCUT2D eigenvalue weighted by Gasteiger charge is 2.44. The highest BCUT2D eigenvalue weighted by atomic mass is 35.5. The first-order valence-electron chi connectivity index (χ1n) is 17.4. The molecule has 0 bridgehead atoms. The lowest BCUT2D eigenvalue weighted by Gasteiger charge is -2.39. The minimum Gasteiger partial charge on any atom is -0.369 e. The SMILES string of the molecule is NC[C@H]1CN(C(=O)NC2CCC(C(F)(F)c3cc(Cl)nc(N4CCN(S(=O)(=O)c5ccc(N6C[C@H](N)CC6=O)cc5)CC4)c3)CC2)C[C@H](CN)O1. The summed E-state index contributed by atoms with van der Waals surface area (Å²) in [5, 5.41) is 2.92. The van der Waals surface area contributed by atoms with Gasteiger partial charge in [0.1, 0.15) is 11.0 Å². The Balaban J connectivity index is 1.04. The number of amides is 3. The number of hydrogen-bond acceptors (Lipinski definition) is 10. The van der Waals surface area contributed by atoms with E-state index in [1.54, 1.807) is 26.8 Å². The zero-order chi connectivity index (χ0) is 36.5. The molecule has 18 heteroatoms. The number of halogens is 3. The van der Waals surface area contributed by atoms with Gasteiger partial charge in [0, 0.05) is 94.6 Å². The number of ether oxygens (including phenoxy) is 1. The van der Waals surface area contributed by atoms with Crippen molar-refractivity contribution in [2.24, 2.45) is 23.1 Å². The van der Waals surface area contributed by atoms with Crippen molar-refractivity contribution in [2.45, 2.75) is 67.2 Å². The maximum absolute atomic E-state index is 16.0. The topological polar surface area (TPSA) is 193 Å². The summed E-state index contributed by atoms with van der Waals surface area (Å²) in [6.45, 7) is 2.26. The van der Waals surface area contributed by atoms with Crippen LogP contribution in [0.2, 0.25) is 5.15 Å². The molecule has 3 amide bonds. The first-order valence-corrected chi connectivity index (χ1v) is 19.2. The molecule has 2 aromatic rings. The predicted octanol–water partition coefficient (Wildman–Crippen LogP) is 1.66. The van der Waals surface area contributed by atoms with Gasteiger partial charge in [-0.3, -0.25) is 4.79 Å². The predicted molar refractivity (Wildman–Crippen MR) is 188 cm³/mol. The molecule has 3 atom stereocenters. The van der Waals surface area contributed by atoms with Crippen LogP contribution in [0.15, 0.2) is 41.3 Å². The number of nitrogens with two attached hydrogens (primary N) is 3. The van der Waals surface area contributed by atoms with E-state index in [2.05, 4.69) is 10.3 Å². The van der Waals surface area contributed by atoms with Gasteiger partial charge in [0.2, 0.25) is 15.9 Å². The van der Waals surface area contributed by atoms with Crippen molar-refractivity contribution in [3.8, 4) is 0 Å². The first-order chi connectivity index (χ1) is 24.3. The highest BCUT2D eigenvalue weighted by Crippen LogP contribution is 2.45. The van der Waals surface area contributed by atoms with Crippen LogP contribution in [0, 0.1) is 5.92 Å². The van der Waals surface area contributed by atoms with Crippen molar-refractivity contribution in [1.82, 2.24) is 19.5 Å². The number of nitrogens with zero attached hydrogens (tertiary/aromatic N) is 5. The van der Waals surface area contributed by atoms with Crippen molar-refractivity contribution < 1.29 is 31.5 Å². The van der Waals surface area contributed by atoms with Crippen LogP contribution in [0.5, 0.6) is 0 Å². The smallest absolute Gasteiger partial charge is 0.317 e. The van der Waals surface area contributed by atoms with Crippen molar-refractivity contribution in [3.05, 3.63) is 47.1 Å². The minimum atomic E-state index is -3.85. The van der Waals surface area contributed by atoms with Crippen LogP contribution in [-0.2, 0) is 25.5 Å². The Morgan fingerprint density at radius 1 is 0.980 bits per heavy atom. The quantitative estimate of drug-likeness (QED) is 0.274. The number of benzene rings is 1. The molecule has 1 saturated carbocycles. The summed E-state index contributed by atoms with van der Waals surface area (Å²) >= 11 is 6.28. The third-order valence-corrected chi connectivity index (χ3v) is 12.4. The molecule has 1 aliphatic carbocycles. The Labute approximate surface area is 301 Å². The summed E-state index contributed by atoms with van der Waals surface area (Å²) in [4.78, 5) is 34.5. The van der Waals surface area contributed by atoms with Gasteiger partial charge in [0.15, 0.2) is 0 Å².